The van der Waals surface area contributed by atoms with E-state index in [2.05, 4.69) is 0 Å². The Morgan fingerprint density at radius 3 is 2.76 bits per heavy atom. The molecule has 0 amide bonds. The summed E-state index contributed by atoms with van der Waals surface area (Å²) in [7, 11) is -3.36. The van der Waals surface area contributed by atoms with Crippen molar-refractivity contribution in [3.05, 3.63) is 22.4 Å². The van der Waals surface area contributed by atoms with Crippen LogP contribution in [0.25, 0.3) is 0 Å². The standard InChI is InChI=1S/C10H14N2O2S3/c11-10(15)7-17(13,14)12(9-1-2-9)5-8-3-4-16-6-8/h3-4,6,9H,1-2,5,7H2,(H2,11,15). The summed E-state index contributed by atoms with van der Waals surface area (Å²) in [5.41, 5.74) is 6.36. The number of nitrogens with two attached hydrogens (primary N) is 1. The van der Waals surface area contributed by atoms with Crippen LogP contribution in [0.5, 0.6) is 0 Å². The van der Waals surface area contributed by atoms with Crippen molar-refractivity contribution >= 4 is 38.6 Å². The molecule has 1 aliphatic rings. The van der Waals surface area contributed by atoms with Crippen LogP contribution in [0.15, 0.2) is 16.8 Å². The fourth-order valence-corrected chi connectivity index (χ4v) is 4.29. The number of hydrogen-bond acceptors (Lipinski definition) is 4. The summed E-state index contributed by atoms with van der Waals surface area (Å²) < 4.78 is 25.8. The lowest BCUT2D eigenvalue weighted by molar-refractivity contribution is 0.401. The van der Waals surface area contributed by atoms with Crippen LogP contribution in [0.1, 0.15) is 18.4 Å². The monoisotopic (exact) mass is 290 g/mol. The van der Waals surface area contributed by atoms with Crippen molar-refractivity contribution < 1.29 is 8.42 Å². The first-order chi connectivity index (χ1) is 7.99. The molecule has 1 aromatic heterocycles. The lowest BCUT2D eigenvalue weighted by atomic mass is 10.3. The summed E-state index contributed by atoms with van der Waals surface area (Å²) in [4.78, 5) is 0.0287. The number of sulfonamides is 1. The average molecular weight is 290 g/mol. The van der Waals surface area contributed by atoms with Crippen LogP contribution < -0.4 is 5.73 Å². The van der Waals surface area contributed by atoms with Crippen LogP contribution in [-0.4, -0.2) is 29.5 Å². The van der Waals surface area contributed by atoms with E-state index in [-0.39, 0.29) is 16.8 Å². The van der Waals surface area contributed by atoms with Crippen LogP contribution in [0.2, 0.25) is 0 Å². The average Bonchev–Trinajstić information content (AvgIpc) is 2.90. The van der Waals surface area contributed by atoms with Gasteiger partial charge in [0.2, 0.25) is 10.0 Å². The fraction of sp³-hybridized carbons (Fsp3) is 0.500. The Hall–Kier alpha value is -0.500. The molecule has 7 heteroatoms. The van der Waals surface area contributed by atoms with Gasteiger partial charge in [0.05, 0.1) is 4.99 Å². The molecular formula is C10H14N2O2S3. The number of thiophene rings is 1. The Morgan fingerprint density at radius 2 is 2.29 bits per heavy atom. The minimum Gasteiger partial charge on any atom is -0.392 e. The van der Waals surface area contributed by atoms with E-state index in [1.807, 2.05) is 16.8 Å². The molecule has 0 aliphatic heterocycles. The van der Waals surface area contributed by atoms with Gasteiger partial charge in [-0.25, -0.2) is 8.42 Å². The quantitative estimate of drug-likeness (QED) is 0.803. The second-order valence-corrected chi connectivity index (χ2v) is 7.36. The second-order valence-electron chi connectivity index (χ2n) is 4.13. The number of hydrogen-bond donors (Lipinski definition) is 1. The van der Waals surface area contributed by atoms with E-state index in [1.54, 1.807) is 11.3 Å². The van der Waals surface area contributed by atoms with E-state index in [9.17, 15) is 8.42 Å². The Labute approximate surface area is 110 Å². The van der Waals surface area contributed by atoms with Gasteiger partial charge >= 0.3 is 0 Å². The molecule has 2 rings (SSSR count). The Balaban J connectivity index is 2.14. The van der Waals surface area contributed by atoms with E-state index in [0.29, 0.717) is 6.54 Å². The highest BCUT2D eigenvalue weighted by atomic mass is 32.2. The molecule has 0 atom stereocenters. The predicted octanol–water partition coefficient (Wildman–Crippen LogP) is 1.33. The van der Waals surface area contributed by atoms with Crippen molar-refractivity contribution in [2.45, 2.75) is 25.4 Å². The summed E-state index contributed by atoms with van der Waals surface area (Å²) in [6.45, 7) is 0.430. The number of thiocarbonyl (C=S) groups is 1. The van der Waals surface area contributed by atoms with Gasteiger partial charge in [0.15, 0.2) is 0 Å². The minimum atomic E-state index is -3.36. The first kappa shape index (κ1) is 12.9. The van der Waals surface area contributed by atoms with Gasteiger partial charge in [-0.15, -0.1) is 0 Å². The third-order valence-electron chi connectivity index (χ3n) is 2.55. The van der Waals surface area contributed by atoms with Crippen molar-refractivity contribution in [3.63, 3.8) is 0 Å². The van der Waals surface area contributed by atoms with E-state index >= 15 is 0 Å². The molecule has 4 nitrogen and oxygen atoms in total. The van der Waals surface area contributed by atoms with Crippen LogP contribution in [0.4, 0.5) is 0 Å². The third-order valence-corrected chi connectivity index (χ3v) is 5.43. The van der Waals surface area contributed by atoms with Crippen molar-refractivity contribution in [2.75, 3.05) is 5.75 Å². The topological polar surface area (TPSA) is 63.4 Å². The number of rotatable bonds is 6. The molecule has 0 spiro atoms. The van der Waals surface area contributed by atoms with E-state index < -0.39 is 10.0 Å². The highest BCUT2D eigenvalue weighted by molar-refractivity contribution is 7.92. The van der Waals surface area contributed by atoms with Crippen molar-refractivity contribution in [1.29, 1.82) is 0 Å². The predicted molar refractivity (Wildman–Crippen MR) is 73.5 cm³/mol. The molecule has 1 heterocycles. The molecule has 1 aliphatic carbocycles. The first-order valence-corrected chi connectivity index (χ1v) is 8.24. The molecule has 17 heavy (non-hydrogen) atoms. The highest BCUT2D eigenvalue weighted by Gasteiger charge is 2.37. The summed E-state index contributed by atoms with van der Waals surface area (Å²) in [5.74, 6) is -0.233. The maximum Gasteiger partial charge on any atom is 0.221 e. The van der Waals surface area contributed by atoms with E-state index in [1.165, 1.54) is 4.31 Å². The zero-order valence-electron chi connectivity index (χ0n) is 9.20. The Bertz CT molecular complexity index is 492. The zero-order valence-corrected chi connectivity index (χ0v) is 11.7. The van der Waals surface area contributed by atoms with Crippen molar-refractivity contribution in [1.82, 2.24) is 4.31 Å². The number of nitrogens with zero attached hydrogens (tertiary/aromatic N) is 1. The maximum absolute atomic E-state index is 12.1. The molecule has 0 radical (unpaired) electrons. The summed E-state index contributed by atoms with van der Waals surface area (Å²) in [5, 5.41) is 3.91. The summed E-state index contributed by atoms with van der Waals surface area (Å²) in [6, 6.07) is 2.07. The molecule has 0 unspecified atom stereocenters. The SMILES string of the molecule is NC(=S)CS(=O)(=O)N(Cc1ccsc1)C1CC1. The molecule has 1 aromatic rings. The van der Waals surface area contributed by atoms with Crippen LogP contribution in [0, 0.1) is 0 Å². The minimum absolute atomic E-state index is 0.0287. The van der Waals surface area contributed by atoms with Gasteiger partial charge in [-0.3, -0.25) is 0 Å². The van der Waals surface area contributed by atoms with Crippen molar-refractivity contribution in [2.24, 2.45) is 5.73 Å². The van der Waals surface area contributed by atoms with Gasteiger partial charge in [-0.2, -0.15) is 15.6 Å². The van der Waals surface area contributed by atoms with Crippen LogP contribution in [0.3, 0.4) is 0 Å². The highest BCUT2D eigenvalue weighted by Crippen LogP contribution is 2.31. The molecule has 0 saturated heterocycles. The lowest BCUT2D eigenvalue weighted by Crippen LogP contribution is -2.37. The normalized spacial score (nSPS) is 16.3. The molecule has 94 valence electrons. The third kappa shape index (κ3) is 3.48. The molecule has 2 N–H and O–H groups in total. The summed E-state index contributed by atoms with van der Waals surface area (Å²) in [6.07, 6.45) is 1.86. The summed E-state index contributed by atoms with van der Waals surface area (Å²) >= 11 is 6.26. The van der Waals surface area contributed by atoms with Crippen LogP contribution >= 0.6 is 23.6 Å². The lowest BCUT2D eigenvalue weighted by Gasteiger charge is -2.21. The molecule has 0 aromatic carbocycles. The van der Waals surface area contributed by atoms with Gasteiger partial charge in [0, 0.05) is 12.6 Å². The molecule has 0 bridgehead atoms. The molecule has 1 fully saturated rings. The van der Waals surface area contributed by atoms with Gasteiger partial charge in [0.1, 0.15) is 5.75 Å². The van der Waals surface area contributed by atoms with Crippen LogP contribution in [-0.2, 0) is 16.6 Å². The van der Waals surface area contributed by atoms with E-state index in [0.717, 1.165) is 18.4 Å². The smallest absolute Gasteiger partial charge is 0.221 e. The Kier molecular flexibility index (Phi) is 3.82. The largest absolute Gasteiger partial charge is 0.392 e. The van der Waals surface area contributed by atoms with E-state index in [4.69, 9.17) is 18.0 Å². The zero-order chi connectivity index (χ0) is 12.5. The maximum atomic E-state index is 12.1. The molecule has 1 saturated carbocycles. The first-order valence-electron chi connectivity index (χ1n) is 5.28. The Morgan fingerprint density at radius 1 is 1.59 bits per heavy atom. The van der Waals surface area contributed by atoms with Gasteiger partial charge in [0.25, 0.3) is 0 Å². The van der Waals surface area contributed by atoms with Gasteiger partial charge in [-0.1, -0.05) is 12.2 Å². The van der Waals surface area contributed by atoms with Crippen molar-refractivity contribution in [3.8, 4) is 0 Å². The van der Waals surface area contributed by atoms with Gasteiger partial charge in [-0.05, 0) is 35.2 Å². The molecular weight excluding hydrogens is 276 g/mol. The van der Waals surface area contributed by atoms with Gasteiger partial charge < -0.3 is 5.73 Å². The second kappa shape index (κ2) is 5.01. The fourth-order valence-electron chi connectivity index (χ4n) is 1.64.